The van der Waals surface area contributed by atoms with Gasteiger partial charge in [0.2, 0.25) is 5.75 Å². The summed E-state index contributed by atoms with van der Waals surface area (Å²) in [7, 11) is 1.25. The first kappa shape index (κ1) is 13.4. The van der Waals surface area contributed by atoms with Crippen LogP contribution in [0.25, 0.3) is 0 Å². The van der Waals surface area contributed by atoms with Gasteiger partial charge in [-0.05, 0) is 0 Å². The number of aromatic nitrogens is 2. The van der Waals surface area contributed by atoms with Gasteiger partial charge in [0.15, 0.2) is 5.82 Å². The third-order valence-electron chi connectivity index (χ3n) is 2.02. The zero-order valence-electron chi connectivity index (χ0n) is 9.19. The molecule has 0 unspecified atom stereocenters. The van der Waals surface area contributed by atoms with Crippen molar-refractivity contribution in [2.75, 3.05) is 31.7 Å². The number of H-pyrrole nitrogens is 1. The van der Waals surface area contributed by atoms with Gasteiger partial charge in [-0.1, -0.05) is 0 Å². The fraction of sp³-hybridized carbons (Fsp3) is 0.556. The van der Waals surface area contributed by atoms with E-state index in [9.17, 15) is 13.6 Å². The van der Waals surface area contributed by atoms with Crippen LogP contribution in [0.3, 0.4) is 0 Å². The van der Waals surface area contributed by atoms with Crippen molar-refractivity contribution in [2.45, 2.75) is 6.43 Å². The summed E-state index contributed by atoms with van der Waals surface area (Å²) in [6.45, 7) is -1.02. The molecule has 1 aromatic rings. The Kier molecular flexibility index (Phi) is 4.83. The van der Waals surface area contributed by atoms with Gasteiger partial charge in [-0.2, -0.15) is 0 Å². The van der Waals surface area contributed by atoms with Gasteiger partial charge in [0.1, 0.15) is 0 Å². The highest BCUT2D eigenvalue weighted by atomic mass is 19.3. The highest BCUT2D eigenvalue weighted by Crippen LogP contribution is 2.20. The van der Waals surface area contributed by atoms with Crippen molar-refractivity contribution < 1.29 is 18.6 Å². The molecule has 0 aliphatic heterocycles. The number of aliphatic hydroxyl groups is 1. The zero-order chi connectivity index (χ0) is 12.8. The van der Waals surface area contributed by atoms with Crippen molar-refractivity contribution in [1.82, 2.24) is 9.97 Å². The van der Waals surface area contributed by atoms with E-state index < -0.39 is 18.5 Å². The van der Waals surface area contributed by atoms with Crippen LogP contribution in [-0.4, -0.2) is 48.3 Å². The molecule has 0 saturated carbocycles. The van der Waals surface area contributed by atoms with Crippen LogP contribution in [0.5, 0.6) is 5.75 Å². The first-order valence-corrected chi connectivity index (χ1v) is 4.85. The summed E-state index contributed by atoms with van der Waals surface area (Å²) in [5.74, 6) is -0.160. The first-order chi connectivity index (χ1) is 8.10. The van der Waals surface area contributed by atoms with E-state index in [0.29, 0.717) is 0 Å². The molecule has 1 heterocycles. The monoisotopic (exact) mass is 249 g/mol. The number of rotatable bonds is 6. The molecule has 0 aromatic carbocycles. The van der Waals surface area contributed by atoms with Gasteiger partial charge >= 0.3 is 0 Å². The van der Waals surface area contributed by atoms with Crippen LogP contribution in [0.15, 0.2) is 11.1 Å². The molecule has 0 saturated heterocycles. The van der Waals surface area contributed by atoms with Crippen LogP contribution in [0.1, 0.15) is 0 Å². The van der Waals surface area contributed by atoms with Gasteiger partial charge in [0, 0.05) is 6.54 Å². The fourth-order valence-electron chi connectivity index (χ4n) is 1.36. The lowest BCUT2D eigenvalue weighted by Gasteiger charge is -2.23. The van der Waals surface area contributed by atoms with Gasteiger partial charge in [-0.3, -0.25) is 4.79 Å². The lowest BCUT2D eigenvalue weighted by molar-refractivity contribution is 0.152. The van der Waals surface area contributed by atoms with E-state index in [1.54, 1.807) is 0 Å². The number of aliphatic hydroxyl groups excluding tert-OH is 1. The first-order valence-electron chi connectivity index (χ1n) is 4.85. The molecule has 1 aromatic heterocycles. The van der Waals surface area contributed by atoms with E-state index >= 15 is 0 Å². The van der Waals surface area contributed by atoms with Gasteiger partial charge in [0.05, 0.1) is 26.6 Å². The van der Waals surface area contributed by atoms with Crippen molar-refractivity contribution in [3.8, 4) is 5.75 Å². The molecule has 0 atom stereocenters. The molecule has 0 aliphatic rings. The lowest BCUT2D eigenvalue weighted by atomic mass is 10.4. The number of hydrogen-bond acceptors (Lipinski definition) is 5. The number of ether oxygens (including phenoxy) is 1. The van der Waals surface area contributed by atoms with Crippen molar-refractivity contribution >= 4 is 5.82 Å². The molecule has 0 amide bonds. The molecular weight excluding hydrogens is 236 g/mol. The minimum Gasteiger partial charge on any atom is -0.489 e. The minimum atomic E-state index is -2.60. The lowest BCUT2D eigenvalue weighted by Crippen LogP contribution is -2.33. The molecule has 2 N–H and O–H groups in total. The molecule has 0 radical (unpaired) electrons. The van der Waals surface area contributed by atoms with Crippen LogP contribution < -0.4 is 15.2 Å². The topological polar surface area (TPSA) is 78.5 Å². The summed E-state index contributed by atoms with van der Waals surface area (Å²) >= 11 is 0. The number of hydrogen-bond donors (Lipinski definition) is 2. The van der Waals surface area contributed by atoms with Crippen LogP contribution in [-0.2, 0) is 0 Å². The highest BCUT2D eigenvalue weighted by molar-refractivity contribution is 5.50. The van der Waals surface area contributed by atoms with Crippen LogP contribution in [0, 0.1) is 0 Å². The molecule has 8 heteroatoms. The summed E-state index contributed by atoms with van der Waals surface area (Å²) in [6.07, 6.45) is -1.51. The molecule has 1 rings (SSSR count). The Labute approximate surface area is 95.9 Å². The standard InChI is InChI=1S/C9H13F2N3O3/c1-17-7-8(12-5-13-9(7)16)14(2-3-15)4-6(10)11/h5-6,15H,2-4H2,1H3,(H,12,13,16). The summed E-state index contributed by atoms with van der Waals surface area (Å²) in [6, 6.07) is 0. The van der Waals surface area contributed by atoms with Crippen LogP contribution >= 0.6 is 0 Å². The smallest absolute Gasteiger partial charge is 0.295 e. The van der Waals surface area contributed by atoms with Crippen molar-refractivity contribution in [2.24, 2.45) is 0 Å². The molecule has 17 heavy (non-hydrogen) atoms. The van der Waals surface area contributed by atoms with Gasteiger partial charge in [-0.25, -0.2) is 13.8 Å². The highest BCUT2D eigenvalue weighted by Gasteiger charge is 2.19. The molecule has 6 nitrogen and oxygen atoms in total. The Balaban J connectivity index is 3.08. The normalized spacial score (nSPS) is 10.6. The Hall–Kier alpha value is -1.70. The minimum absolute atomic E-state index is 0.00870. The number of alkyl halides is 2. The van der Waals surface area contributed by atoms with Crippen molar-refractivity contribution in [3.05, 3.63) is 16.7 Å². The average Bonchev–Trinajstić information content (AvgIpc) is 2.27. The van der Waals surface area contributed by atoms with E-state index in [1.807, 2.05) is 0 Å². The van der Waals surface area contributed by atoms with E-state index in [-0.39, 0.29) is 24.7 Å². The predicted molar refractivity (Wildman–Crippen MR) is 56.7 cm³/mol. The number of nitrogens with one attached hydrogen (secondary N) is 1. The SMILES string of the molecule is COc1c(N(CCO)CC(F)F)nc[nH]c1=O. The number of nitrogens with zero attached hydrogens (tertiary/aromatic N) is 2. The van der Waals surface area contributed by atoms with Crippen molar-refractivity contribution in [1.29, 1.82) is 0 Å². The summed E-state index contributed by atoms with van der Waals surface area (Å²) in [5, 5.41) is 8.80. The van der Waals surface area contributed by atoms with Crippen LogP contribution in [0.4, 0.5) is 14.6 Å². The van der Waals surface area contributed by atoms with Gasteiger partial charge < -0.3 is 19.7 Å². The molecule has 0 aliphatic carbocycles. The third-order valence-corrected chi connectivity index (χ3v) is 2.02. The zero-order valence-corrected chi connectivity index (χ0v) is 9.19. The second-order valence-electron chi connectivity index (χ2n) is 3.15. The van der Waals surface area contributed by atoms with Gasteiger partial charge in [-0.15, -0.1) is 0 Å². The predicted octanol–water partition coefficient (Wildman–Crippen LogP) is -0.158. The molecular formula is C9H13F2N3O3. The second-order valence-corrected chi connectivity index (χ2v) is 3.15. The Morgan fingerprint density at radius 3 is 2.88 bits per heavy atom. The van der Waals surface area contributed by atoms with E-state index in [0.717, 1.165) is 11.2 Å². The fourth-order valence-corrected chi connectivity index (χ4v) is 1.36. The van der Waals surface area contributed by atoms with E-state index in [1.165, 1.54) is 7.11 Å². The Morgan fingerprint density at radius 2 is 2.35 bits per heavy atom. The Bertz CT molecular complexity index is 411. The van der Waals surface area contributed by atoms with Gasteiger partial charge in [0.25, 0.3) is 12.0 Å². The van der Waals surface area contributed by atoms with E-state index in [2.05, 4.69) is 9.97 Å². The summed E-state index contributed by atoms with van der Waals surface area (Å²) < 4.78 is 29.5. The maximum Gasteiger partial charge on any atom is 0.295 e. The van der Waals surface area contributed by atoms with Crippen LogP contribution in [0.2, 0.25) is 0 Å². The molecule has 0 bridgehead atoms. The average molecular weight is 249 g/mol. The van der Waals surface area contributed by atoms with E-state index in [4.69, 9.17) is 9.84 Å². The number of aromatic amines is 1. The molecule has 96 valence electrons. The second kappa shape index (κ2) is 6.14. The maximum atomic E-state index is 12.4. The number of halogens is 2. The van der Waals surface area contributed by atoms with Crippen molar-refractivity contribution in [3.63, 3.8) is 0 Å². The number of methoxy groups -OCH3 is 1. The Morgan fingerprint density at radius 1 is 1.65 bits per heavy atom. The number of anilines is 1. The summed E-state index contributed by atoms with van der Waals surface area (Å²) in [5.41, 5.74) is -0.560. The molecule has 0 spiro atoms. The summed E-state index contributed by atoms with van der Waals surface area (Å²) in [4.78, 5) is 18.5. The quantitative estimate of drug-likeness (QED) is 0.732. The third kappa shape index (κ3) is 3.38. The maximum absolute atomic E-state index is 12.4. The molecule has 0 fully saturated rings. The largest absolute Gasteiger partial charge is 0.489 e.